The summed E-state index contributed by atoms with van der Waals surface area (Å²) in [6, 6.07) is 11.5. The Kier molecular flexibility index (Phi) is 6.45. The van der Waals surface area contributed by atoms with Crippen LogP contribution in [-0.4, -0.2) is 17.1 Å². The Hall–Kier alpha value is -1.79. The highest BCUT2D eigenvalue weighted by Crippen LogP contribution is 2.26. The van der Waals surface area contributed by atoms with Gasteiger partial charge in [-0.05, 0) is 55.9 Å². The number of thiocarbonyl (C=S) groups is 1. The van der Waals surface area contributed by atoms with Crippen molar-refractivity contribution in [3.05, 3.63) is 63.9 Å². The Balaban J connectivity index is 2.20. The number of halogens is 2. The van der Waals surface area contributed by atoms with Crippen LogP contribution in [0.1, 0.15) is 29.8 Å². The van der Waals surface area contributed by atoms with Gasteiger partial charge in [0.1, 0.15) is 5.82 Å². The molecule has 0 aromatic heterocycles. The first-order valence-corrected chi connectivity index (χ1v) is 8.60. The summed E-state index contributed by atoms with van der Waals surface area (Å²) in [5.41, 5.74) is 1.31. The number of carbonyl (C=O) groups excluding carboxylic acids is 1. The normalized spacial score (nSPS) is 10.5. The zero-order valence-electron chi connectivity index (χ0n) is 13.3. The minimum Gasteiger partial charge on any atom is -0.484 e. The van der Waals surface area contributed by atoms with Gasteiger partial charge in [0.15, 0.2) is 5.05 Å². The van der Waals surface area contributed by atoms with E-state index in [-0.39, 0.29) is 17.7 Å². The minimum atomic E-state index is -0.523. The molecule has 2 rings (SSSR count). The molecule has 2 aromatic carbocycles. The molecule has 0 spiro atoms. The van der Waals surface area contributed by atoms with E-state index in [2.05, 4.69) is 21.2 Å². The smallest absolute Gasteiger partial charge is 0.255 e. The highest BCUT2D eigenvalue weighted by Gasteiger charge is 2.14. The van der Waals surface area contributed by atoms with Crippen LogP contribution in [0.25, 0.3) is 0 Å². The van der Waals surface area contributed by atoms with Gasteiger partial charge in [-0.15, -0.1) is 0 Å². The first-order chi connectivity index (χ1) is 11.4. The maximum Gasteiger partial charge on any atom is 0.255 e. The lowest BCUT2D eigenvalue weighted by Gasteiger charge is -2.14. The van der Waals surface area contributed by atoms with Crippen molar-refractivity contribution in [3.63, 3.8) is 0 Å². The van der Waals surface area contributed by atoms with Gasteiger partial charge in [0.25, 0.3) is 5.91 Å². The number of anilines is 1. The Morgan fingerprint density at radius 1 is 1.29 bits per heavy atom. The van der Waals surface area contributed by atoms with E-state index in [9.17, 15) is 9.18 Å². The van der Waals surface area contributed by atoms with Crippen LogP contribution in [0.2, 0.25) is 0 Å². The molecule has 126 valence electrons. The van der Waals surface area contributed by atoms with Gasteiger partial charge in [0.2, 0.25) is 0 Å². The molecule has 0 unspecified atom stereocenters. The van der Waals surface area contributed by atoms with E-state index in [0.29, 0.717) is 21.5 Å². The fourth-order valence-electron chi connectivity index (χ4n) is 2.07. The van der Waals surface area contributed by atoms with Crippen molar-refractivity contribution >= 4 is 44.8 Å². The Morgan fingerprint density at radius 2 is 1.96 bits per heavy atom. The Bertz CT molecular complexity index is 750. The zero-order valence-corrected chi connectivity index (χ0v) is 15.7. The molecule has 1 N–H and O–H groups in total. The average molecular weight is 410 g/mol. The van der Waals surface area contributed by atoms with E-state index in [1.165, 1.54) is 6.07 Å². The van der Waals surface area contributed by atoms with Crippen LogP contribution in [0.3, 0.4) is 0 Å². The standard InChI is InChI=1S/C18H17BrFNO2S/c1-11(2)23-17(24)9-13-8-16(15(20)10-14(13)19)21-18(22)12-6-4-3-5-7-12/h3-8,10-11H,9H2,1-2H3,(H,21,22). The second-order valence-electron chi connectivity index (χ2n) is 5.46. The summed E-state index contributed by atoms with van der Waals surface area (Å²) in [5, 5.41) is 3.00. The molecular formula is C18H17BrFNO2S. The number of nitrogens with one attached hydrogen (secondary N) is 1. The summed E-state index contributed by atoms with van der Waals surface area (Å²) < 4.78 is 20.2. The number of hydrogen-bond acceptors (Lipinski definition) is 3. The number of carbonyl (C=O) groups is 1. The van der Waals surface area contributed by atoms with E-state index in [4.69, 9.17) is 17.0 Å². The summed E-state index contributed by atoms with van der Waals surface area (Å²) >= 11 is 8.51. The van der Waals surface area contributed by atoms with E-state index in [1.54, 1.807) is 30.3 Å². The maximum absolute atomic E-state index is 14.1. The number of ether oxygens (including phenoxy) is 1. The third-order valence-corrected chi connectivity index (χ3v) is 4.10. The van der Waals surface area contributed by atoms with Crippen LogP contribution in [-0.2, 0) is 11.2 Å². The molecule has 0 radical (unpaired) electrons. The van der Waals surface area contributed by atoms with Gasteiger partial charge in [-0.2, -0.15) is 0 Å². The second kappa shape index (κ2) is 8.35. The fourth-order valence-corrected chi connectivity index (χ4v) is 2.87. The van der Waals surface area contributed by atoms with Crippen LogP contribution < -0.4 is 5.32 Å². The molecule has 0 aliphatic rings. The van der Waals surface area contributed by atoms with Gasteiger partial charge in [0, 0.05) is 16.5 Å². The summed E-state index contributed by atoms with van der Waals surface area (Å²) in [6.45, 7) is 3.77. The number of amides is 1. The molecule has 0 saturated carbocycles. The topological polar surface area (TPSA) is 38.3 Å². The minimum absolute atomic E-state index is 0.0195. The Morgan fingerprint density at radius 3 is 2.58 bits per heavy atom. The predicted molar refractivity (Wildman–Crippen MR) is 101 cm³/mol. The highest BCUT2D eigenvalue weighted by molar-refractivity contribution is 9.10. The van der Waals surface area contributed by atoms with Crippen LogP contribution >= 0.6 is 28.1 Å². The third kappa shape index (κ3) is 5.11. The van der Waals surface area contributed by atoms with Crippen molar-refractivity contribution in [1.82, 2.24) is 0 Å². The van der Waals surface area contributed by atoms with Gasteiger partial charge >= 0.3 is 0 Å². The van der Waals surface area contributed by atoms with Crippen LogP contribution in [0, 0.1) is 5.82 Å². The van der Waals surface area contributed by atoms with Gasteiger partial charge < -0.3 is 10.1 Å². The molecule has 2 aromatic rings. The summed E-state index contributed by atoms with van der Waals surface area (Å²) in [5.74, 6) is -0.894. The molecule has 6 heteroatoms. The van der Waals surface area contributed by atoms with Crippen molar-refractivity contribution in [2.24, 2.45) is 0 Å². The average Bonchev–Trinajstić information content (AvgIpc) is 2.52. The Labute approximate surface area is 154 Å². The largest absolute Gasteiger partial charge is 0.484 e. The molecule has 0 fully saturated rings. The number of rotatable bonds is 5. The lowest BCUT2D eigenvalue weighted by atomic mass is 10.1. The van der Waals surface area contributed by atoms with E-state index < -0.39 is 5.82 Å². The quantitative estimate of drug-likeness (QED) is 0.695. The molecule has 0 aliphatic carbocycles. The predicted octanol–water partition coefficient (Wildman–Crippen LogP) is 5.14. The molecule has 0 atom stereocenters. The maximum atomic E-state index is 14.1. The molecule has 0 saturated heterocycles. The zero-order chi connectivity index (χ0) is 17.7. The summed E-state index contributed by atoms with van der Waals surface area (Å²) in [6.07, 6.45) is 0.330. The van der Waals surface area contributed by atoms with Gasteiger partial charge in [0.05, 0.1) is 11.8 Å². The van der Waals surface area contributed by atoms with Crippen molar-refractivity contribution in [2.45, 2.75) is 26.4 Å². The van der Waals surface area contributed by atoms with E-state index in [0.717, 1.165) is 5.56 Å². The molecule has 0 heterocycles. The van der Waals surface area contributed by atoms with Crippen LogP contribution in [0.5, 0.6) is 0 Å². The number of hydrogen-bond donors (Lipinski definition) is 1. The third-order valence-electron chi connectivity index (χ3n) is 3.12. The van der Waals surface area contributed by atoms with Gasteiger partial charge in [-0.25, -0.2) is 4.39 Å². The summed E-state index contributed by atoms with van der Waals surface area (Å²) in [7, 11) is 0. The fraction of sp³-hybridized carbons (Fsp3) is 0.222. The van der Waals surface area contributed by atoms with E-state index in [1.807, 2.05) is 19.9 Å². The van der Waals surface area contributed by atoms with Crippen molar-refractivity contribution in [2.75, 3.05) is 5.32 Å². The second-order valence-corrected chi connectivity index (χ2v) is 6.77. The SMILES string of the molecule is CC(C)OC(=S)Cc1cc(NC(=O)c2ccccc2)c(F)cc1Br. The van der Waals surface area contributed by atoms with Gasteiger partial charge in [-0.1, -0.05) is 34.1 Å². The number of benzene rings is 2. The highest BCUT2D eigenvalue weighted by atomic mass is 79.9. The van der Waals surface area contributed by atoms with E-state index >= 15 is 0 Å². The molecule has 3 nitrogen and oxygen atoms in total. The molecule has 0 aliphatic heterocycles. The lowest BCUT2D eigenvalue weighted by Crippen LogP contribution is -2.15. The molecule has 24 heavy (non-hydrogen) atoms. The van der Waals surface area contributed by atoms with Crippen molar-refractivity contribution in [3.8, 4) is 0 Å². The first kappa shape index (κ1) is 18.5. The van der Waals surface area contributed by atoms with Crippen molar-refractivity contribution < 1.29 is 13.9 Å². The van der Waals surface area contributed by atoms with Crippen molar-refractivity contribution in [1.29, 1.82) is 0 Å². The van der Waals surface area contributed by atoms with Crippen LogP contribution in [0.15, 0.2) is 46.9 Å². The first-order valence-electron chi connectivity index (χ1n) is 7.40. The molecule has 0 bridgehead atoms. The monoisotopic (exact) mass is 409 g/mol. The summed E-state index contributed by atoms with van der Waals surface area (Å²) in [4.78, 5) is 12.2. The van der Waals surface area contributed by atoms with Gasteiger partial charge in [-0.3, -0.25) is 4.79 Å². The molecule has 1 amide bonds. The lowest BCUT2D eigenvalue weighted by molar-refractivity contribution is 0.102. The molecular weight excluding hydrogens is 393 g/mol. The van der Waals surface area contributed by atoms with Crippen LogP contribution in [0.4, 0.5) is 10.1 Å².